The van der Waals surface area contributed by atoms with Crippen LogP contribution in [0.2, 0.25) is 0 Å². The number of aliphatic hydroxyl groups is 1. The Balaban J connectivity index is 2.57. The number of ether oxygens (including phenoxy) is 3. The largest absolute Gasteiger partial charge is 0.493 e. The molecule has 1 aromatic rings. The van der Waals surface area contributed by atoms with Crippen LogP contribution in [0.5, 0.6) is 11.5 Å². The first-order valence-electron chi connectivity index (χ1n) is 6.33. The van der Waals surface area contributed by atoms with E-state index in [0.717, 1.165) is 5.56 Å². The Morgan fingerprint density at radius 3 is 2.70 bits per heavy atom. The van der Waals surface area contributed by atoms with Gasteiger partial charge in [-0.15, -0.1) is 0 Å². The van der Waals surface area contributed by atoms with E-state index >= 15 is 0 Å². The minimum Gasteiger partial charge on any atom is -0.493 e. The van der Waals surface area contributed by atoms with Gasteiger partial charge in [0, 0.05) is 13.7 Å². The molecule has 0 aliphatic rings. The topological polar surface area (TPSA) is 77.0 Å². The summed E-state index contributed by atoms with van der Waals surface area (Å²) in [6, 6.07) is 5.08. The maximum absolute atomic E-state index is 11.5. The van der Waals surface area contributed by atoms with Gasteiger partial charge in [0.15, 0.2) is 18.1 Å². The summed E-state index contributed by atoms with van der Waals surface area (Å²) in [7, 11) is 3.07. The molecule has 1 atom stereocenters. The maximum Gasteiger partial charge on any atom is 0.258 e. The highest BCUT2D eigenvalue weighted by Gasteiger charge is 2.10. The molecule has 0 fully saturated rings. The Morgan fingerprint density at radius 1 is 1.35 bits per heavy atom. The lowest BCUT2D eigenvalue weighted by Gasteiger charge is -2.13. The molecule has 20 heavy (non-hydrogen) atoms. The van der Waals surface area contributed by atoms with Crippen molar-refractivity contribution in [2.75, 3.05) is 34.0 Å². The Kier molecular flexibility index (Phi) is 6.83. The first-order chi connectivity index (χ1) is 9.58. The predicted molar refractivity (Wildman–Crippen MR) is 74.0 cm³/mol. The van der Waals surface area contributed by atoms with E-state index in [9.17, 15) is 9.90 Å². The molecule has 1 rings (SSSR count). The van der Waals surface area contributed by atoms with Crippen molar-refractivity contribution < 1.29 is 24.1 Å². The van der Waals surface area contributed by atoms with E-state index in [4.69, 9.17) is 14.2 Å². The van der Waals surface area contributed by atoms with Gasteiger partial charge in [-0.05, 0) is 24.6 Å². The first kappa shape index (κ1) is 16.3. The molecular formula is C14H21NO5. The molecule has 0 aromatic heterocycles. The zero-order valence-electron chi connectivity index (χ0n) is 12.0. The zero-order chi connectivity index (χ0) is 15.0. The minimum absolute atomic E-state index is 0.103. The van der Waals surface area contributed by atoms with Crippen LogP contribution in [0, 0.1) is 0 Å². The molecule has 0 bridgehead atoms. The molecule has 2 N–H and O–H groups in total. The second-order valence-electron chi connectivity index (χ2n) is 4.22. The minimum atomic E-state index is -0.588. The molecule has 0 aliphatic carbocycles. The van der Waals surface area contributed by atoms with Crippen molar-refractivity contribution in [3.8, 4) is 11.5 Å². The van der Waals surface area contributed by atoms with Crippen LogP contribution in [0.3, 0.4) is 0 Å². The van der Waals surface area contributed by atoms with E-state index in [0.29, 0.717) is 24.7 Å². The monoisotopic (exact) mass is 283 g/mol. The second kappa shape index (κ2) is 8.39. The number of rotatable bonds is 8. The third kappa shape index (κ3) is 5.07. The SMILES string of the molecule is COCCNC(=O)COc1ccc([C@@H](C)O)cc1OC. The highest BCUT2D eigenvalue weighted by Crippen LogP contribution is 2.30. The third-order valence-corrected chi connectivity index (χ3v) is 2.66. The molecule has 1 aromatic carbocycles. The number of hydrogen-bond donors (Lipinski definition) is 2. The second-order valence-corrected chi connectivity index (χ2v) is 4.22. The Hall–Kier alpha value is -1.79. The molecule has 1 amide bonds. The van der Waals surface area contributed by atoms with Gasteiger partial charge in [0.25, 0.3) is 5.91 Å². The molecule has 0 aliphatic heterocycles. The van der Waals surface area contributed by atoms with Crippen LogP contribution in [0.25, 0.3) is 0 Å². The van der Waals surface area contributed by atoms with E-state index < -0.39 is 6.10 Å². The van der Waals surface area contributed by atoms with Gasteiger partial charge in [-0.2, -0.15) is 0 Å². The van der Waals surface area contributed by atoms with Gasteiger partial charge in [0.05, 0.1) is 19.8 Å². The number of nitrogens with one attached hydrogen (secondary N) is 1. The summed E-state index contributed by atoms with van der Waals surface area (Å²) >= 11 is 0. The van der Waals surface area contributed by atoms with E-state index in [2.05, 4.69) is 5.32 Å². The lowest BCUT2D eigenvalue weighted by molar-refractivity contribution is -0.123. The van der Waals surface area contributed by atoms with Crippen molar-refractivity contribution in [2.24, 2.45) is 0 Å². The smallest absolute Gasteiger partial charge is 0.258 e. The first-order valence-corrected chi connectivity index (χ1v) is 6.33. The number of benzene rings is 1. The van der Waals surface area contributed by atoms with E-state index in [1.54, 1.807) is 32.2 Å². The fraction of sp³-hybridized carbons (Fsp3) is 0.500. The van der Waals surface area contributed by atoms with Crippen LogP contribution in [0.1, 0.15) is 18.6 Å². The number of hydrogen-bond acceptors (Lipinski definition) is 5. The normalized spacial score (nSPS) is 11.8. The van der Waals surface area contributed by atoms with Crippen LogP contribution in [0.15, 0.2) is 18.2 Å². The molecule has 112 valence electrons. The standard InChI is InChI=1S/C14H21NO5/c1-10(16)11-4-5-12(13(8-11)19-3)20-9-14(17)15-6-7-18-2/h4-5,8,10,16H,6-7,9H2,1-3H3,(H,15,17)/t10-/m1/s1. The molecule has 0 spiro atoms. The lowest BCUT2D eigenvalue weighted by Crippen LogP contribution is -2.31. The highest BCUT2D eigenvalue weighted by atomic mass is 16.5. The summed E-state index contributed by atoms with van der Waals surface area (Å²) in [5, 5.41) is 12.2. The number of methoxy groups -OCH3 is 2. The average Bonchev–Trinajstić information content (AvgIpc) is 2.45. The molecular weight excluding hydrogens is 262 g/mol. The third-order valence-electron chi connectivity index (χ3n) is 2.66. The van der Waals surface area contributed by atoms with E-state index in [-0.39, 0.29) is 12.5 Å². The molecule has 0 saturated heterocycles. The van der Waals surface area contributed by atoms with Gasteiger partial charge in [-0.3, -0.25) is 4.79 Å². The van der Waals surface area contributed by atoms with Crippen LogP contribution in [0.4, 0.5) is 0 Å². The number of aliphatic hydroxyl groups excluding tert-OH is 1. The highest BCUT2D eigenvalue weighted by molar-refractivity contribution is 5.77. The van der Waals surface area contributed by atoms with E-state index in [1.165, 1.54) is 7.11 Å². The number of amides is 1. The van der Waals surface area contributed by atoms with Crippen molar-refractivity contribution in [2.45, 2.75) is 13.0 Å². The maximum atomic E-state index is 11.5. The van der Waals surface area contributed by atoms with Crippen molar-refractivity contribution >= 4 is 5.91 Å². The average molecular weight is 283 g/mol. The van der Waals surface area contributed by atoms with Gasteiger partial charge in [0.1, 0.15) is 0 Å². The van der Waals surface area contributed by atoms with Crippen molar-refractivity contribution in [1.29, 1.82) is 0 Å². The summed E-state index contributed by atoms with van der Waals surface area (Å²) in [5.41, 5.74) is 0.721. The molecule has 6 heteroatoms. The zero-order valence-corrected chi connectivity index (χ0v) is 12.0. The summed E-state index contributed by atoms with van der Waals surface area (Å²) < 4.78 is 15.4. The van der Waals surface area contributed by atoms with Gasteiger partial charge >= 0.3 is 0 Å². The summed E-state index contributed by atoms with van der Waals surface area (Å²) in [6.45, 7) is 2.46. The molecule has 0 heterocycles. The fourth-order valence-corrected chi connectivity index (χ4v) is 1.55. The van der Waals surface area contributed by atoms with Crippen molar-refractivity contribution in [3.05, 3.63) is 23.8 Å². The predicted octanol–water partition coefficient (Wildman–Crippen LogP) is 0.890. The van der Waals surface area contributed by atoms with Crippen LogP contribution < -0.4 is 14.8 Å². The van der Waals surface area contributed by atoms with Crippen LogP contribution >= 0.6 is 0 Å². The Morgan fingerprint density at radius 2 is 2.10 bits per heavy atom. The fourth-order valence-electron chi connectivity index (χ4n) is 1.55. The summed E-state index contributed by atoms with van der Waals surface area (Å²) in [6.07, 6.45) is -0.588. The molecule has 6 nitrogen and oxygen atoms in total. The van der Waals surface area contributed by atoms with Gasteiger partial charge in [0.2, 0.25) is 0 Å². The van der Waals surface area contributed by atoms with Gasteiger partial charge < -0.3 is 24.6 Å². The quantitative estimate of drug-likeness (QED) is 0.693. The Labute approximate surface area is 118 Å². The lowest BCUT2D eigenvalue weighted by atomic mass is 10.1. The van der Waals surface area contributed by atoms with Crippen molar-refractivity contribution in [1.82, 2.24) is 5.32 Å². The molecule has 0 radical (unpaired) electrons. The van der Waals surface area contributed by atoms with Gasteiger partial charge in [-0.25, -0.2) is 0 Å². The molecule has 0 saturated carbocycles. The van der Waals surface area contributed by atoms with Gasteiger partial charge in [-0.1, -0.05) is 6.07 Å². The summed E-state index contributed by atoms with van der Waals surface area (Å²) in [4.78, 5) is 11.5. The number of carbonyl (C=O) groups is 1. The Bertz CT molecular complexity index is 434. The van der Waals surface area contributed by atoms with Crippen LogP contribution in [-0.4, -0.2) is 45.0 Å². The summed E-state index contributed by atoms with van der Waals surface area (Å²) in [5.74, 6) is 0.704. The van der Waals surface area contributed by atoms with E-state index in [1.807, 2.05) is 0 Å². The van der Waals surface area contributed by atoms with Crippen molar-refractivity contribution in [3.63, 3.8) is 0 Å². The van der Waals surface area contributed by atoms with Crippen LogP contribution in [-0.2, 0) is 9.53 Å². The number of carbonyl (C=O) groups excluding carboxylic acids is 1. The molecule has 0 unspecified atom stereocenters.